The number of carbonyl (C=O) groups excluding carboxylic acids is 1. The van der Waals surface area contributed by atoms with E-state index >= 15 is 0 Å². The first-order valence-corrected chi connectivity index (χ1v) is 6.90. The Labute approximate surface area is 123 Å². The van der Waals surface area contributed by atoms with E-state index in [2.05, 4.69) is 25.6 Å². The summed E-state index contributed by atoms with van der Waals surface area (Å²) < 4.78 is 1.84. The summed E-state index contributed by atoms with van der Waals surface area (Å²) >= 11 is 0. The van der Waals surface area contributed by atoms with Crippen LogP contribution in [0.3, 0.4) is 0 Å². The number of hydrogen-bond acceptors (Lipinski definition) is 5. The van der Waals surface area contributed by atoms with Gasteiger partial charge in [0.15, 0.2) is 0 Å². The second-order valence-electron chi connectivity index (χ2n) is 5.01. The fraction of sp³-hybridized carbons (Fsp3) is 0.538. The van der Waals surface area contributed by atoms with Gasteiger partial charge in [0.2, 0.25) is 11.9 Å². The lowest BCUT2D eigenvalue weighted by atomic mass is 10.1. The highest BCUT2D eigenvalue weighted by molar-refractivity contribution is 5.76. The first kappa shape index (κ1) is 15.0. The van der Waals surface area contributed by atoms with Gasteiger partial charge in [-0.1, -0.05) is 0 Å². The number of anilines is 1. The van der Waals surface area contributed by atoms with Crippen LogP contribution in [0.5, 0.6) is 0 Å². The van der Waals surface area contributed by atoms with Gasteiger partial charge in [-0.05, 0) is 25.8 Å². The topological polar surface area (TPSA) is 115 Å². The third-order valence-corrected chi connectivity index (χ3v) is 3.49. The standard InChI is InChI=1S/C13H21N7O/c1-8-10(9(2)20(3)19-8)4-5-12(21)15-7-6-11-16-13(14)18-17-11/h4-7H2,1-3H3,(H,15,21)(H3,14,16,17,18). The molecule has 0 spiro atoms. The molecule has 0 unspecified atom stereocenters. The van der Waals surface area contributed by atoms with E-state index in [0.717, 1.165) is 17.0 Å². The molecule has 8 nitrogen and oxygen atoms in total. The Kier molecular flexibility index (Phi) is 4.56. The number of nitrogen functional groups attached to an aromatic ring is 1. The predicted octanol–water partition coefficient (Wildman–Crippen LogP) is 0.0287. The molecule has 2 aromatic rings. The number of H-pyrrole nitrogens is 1. The van der Waals surface area contributed by atoms with Gasteiger partial charge in [0, 0.05) is 32.1 Å². The van der Waals surface area contributed by atoms with E-state index in [1.165, 1.54) is 0 Å². The van der Waals surface area contributed by atoms with E-state index in [1.807, 2.05) is 25.6 Å². The SMILES string of the molecule is Cc1nn(C)c(C)c1CCC(=O)NCCc1nc(N)n[nH]1. The molecule has 0 radical (unpaired) electrons. The second-order valence-corrected chi connectivity index (χ2v) is 5.01. The molecule has 0 saturated heterocycles. The molecule has 0 bridgehead atoms. The van der Waals surface area contributed by atoms with Crippen molar-refractivity contribution < 1.29 is 4.79 Å². The van der Waals surface area contributed by atoms with Crippen LogP contribution in [-0.4, -0.2) is 37.4 Å². The van der Waals surface area contributed by atoms with Crippen LogP contribution in [0.1, 0.15) is 29.2 Å². The van der Waals surface area contributed by atoms with E-state index in [4.69, 9.17) is 5.73 Å². The Balaban J connectivity index is 1.75. The number of amides is 1. The summed E-state index contributed by atoms with van der Waals surface area (Å²) in [5.41, 5.74) is 8.65. The van der Waals surface area contributed by atoms with Crippen LogP contribution in [0.25, 0.3) is 0 Å². The quantitative estimate of drug-likeness (QED) is 0.694. The highest BCUT2D eigenvalue weighted by Crippen LogP contribution is 2.13. The third kappa shape index (κ3) is 3.80. The van der Waals surface area contributed by atoms with Gasteiger partial charge in [0.25, 0.3) is 0 Å². The number of nitrogens with zero attached hydrogens (tertiary/aromatic N) is 4. The smallest absolute Gasteiger partial charge is 0.239 e. The van der Waals surface area contributed by atoms with Gasteiger partial charge in [0.1, 0.15) is 5.82 Å². The lowest BCUT2D eigenvalue weighted by Crippen LogP contribution is -2.26. The van der Waals surface area contributed by atoms with Crippen molar-refractivity contribution in [3.63, 3.8) is 0 Å². The van der Waals surface area contributed by atoms with E-state index in [9.17, 15) is 4.79 Å². The fourth-order valence-corrected chi connectivity index (χ4v) is 2.25. The van der Waals surface area contributed by atoms with Crippen molar-refractivity contribution in [2.45, 2.75) is 33.1 Å². The van der Waals surface area contributed by atoms with E-state index in [-0.39, 0.29) is 11.9 Å². The summed E-state index contributed by atoms with van der Waals surface area (Å²) in [5.74, 6) is 0.913. The normalized spacial score (nSPS) is 10.8. The molecule has 0 aromatic carbocycles. The molecule has 1 amide bonds. The van der Waals surface area contributed by atoms with Crippen LogP contribution in [0, 0.1) is 13.8 Å². The highest BCUT2D eigenvalue weighted by atomic mass is 16.1. The maximum absolute atomic E-state index is 11.8. The number of nitrogens with two attached hydrogens (primary N) is 1. The summed E-state index contributed by atoms with van der Waals surface area (Å²) in [4.78, 5) is 15.8. The maximum Gasteiger partial charge on any atom is 0.239 e. The Morgan fingerprint density at radius 3 is 2.71 bits per heavy atom. The first-order chi connectivity index (χ1) is 9.97. The third-order valence-electron chi connectivity index (χ3n) is 3.49. The van der Waals surface area contributed by atoms with Crippen molar-refractivity contribution in [3.05, 3.63) is 22.8 Å². The number of hydrogen-bond donors (Lipinski definition) is 3. The van der Waals surface area contributed by atoms with Gasteiger partial charge in [-0.3, -0.25) is 14.6 Å². The van der Waals surface area contributed by atoms with Crippen LogP contribution in [-0.2, 0) is 24.7 Å². The lowest BCUT2D eigenvalue weighted by Gasteiger charge is -2.04. The molecule has 2 heterocycles. The van der Waals surface area contributed by atoms with E-state index in [0.29, 0.717) is 31.6 Å². The molecule has 0 saturated carbocycles. The molecule has 0 aliphatic carbocycles. The summed E-state index contributed by atoms with van der Waals surface area (Å²) in [7, 11) is 1.91. The summed E-state index contributed by atoms with van der Waals surface area (Å²) in [6, 6.07) is 0. The van der Waals surface area contributed by atoms with Crippen molar-refractivity contribution >= 4 is 11.9 Å². The summed E-state index contributed by atoms with van der Waals surface area (Å²) in [6.07, 6.45) is 1.74. The molecule has 0 atom stereocenters. The number of carbonyl (C=O) groups is 1. The van der Waals surface area contributed by atoms with Gasteiger partial charge in [0.05, 0.1) is 5.69 Å². The zero-order valence-electron chi connectivity index (χ0n) is 12.6. The van der Waals surface area contributed by atoms with Gasteiger partial charge in [-0.2, -0.15) is 10.1 Å². The zero-order valence-corrected chi connectivity index (χ0v) is 12.6. The van der Waals surface area contributed by atoms with Gasteiger partial charge in [-0.25, -0.2) is 0 Å². The van der Waals surface area contributed by atoms with Gasteiger partial charge < -0.3 is 11.1 Å². The molecular formula is C13H21N7O. The van der Waals surface area contributed by atoms with Crippen LogP contribution >= 0.6 is 0 Å². The van der Waals surface area contributed by atoms with Crippen LogP contribution in [0.2, 0.25) is 0 Å². The van der Waals surface area contributed by atoms with Crippen molar-refractivity contribution in [1.82, 2.24) is 30.3 Å². The van der Waals surface area contributed by atoms with Crippen LogP contribution in [0.4, 0.5) is 5.95 Å². The summed E-state index contributed by atoms with van der Waals surface area (Å²) in [5, 5.41) is 13.6. The zero-order chi connectivity index (χ0) is 15.4. The van der Waals surface area contributed by atoms with Crippen molar-refractivity contribution in [1.29, 1.82) is 0 Å². The largest absolute Gasteiger partial charge is 0.367 e. The minimum atomic E-state index is 0.0186. The fourth-order valence-electron chi connectivity index (χ4n) is 2.25. The average Bonchev–Trinajstić information content (AvgIpc) is 2.93. The van der Waals surface area contributed by atoms with Gasteiger partial charge in [-0.15, -0.1) is 5.10 Å². The Morgan fingerprint density at radius 1 is 1.38 bits per heavy atom. The average molecular weight is 291 g/mol. The lowest BCUT2D eigenvalue weighted by molar-refractivity contribution is -0.121. The van der Waals surface area contributed by atoms with Crippen molar-refractivity contribution in [3.8, 4) is 0 Å². The monoisotopic (exact) mass is 291 g/mol. The Morgan fingerprint density at radius 2 is 2.14 bits per heavy atom. The number of nitrogens with one attached hydrogen (secondary N) is 2. The first-order valence-electron chi connectivity index (χ1n) is 6.90. The number of aromatic amines is 1. The number of rotatable bonds is 6. The number of aromatic nitrogens is 5. The molecule has 0 aliphatic rings. The minimum absolute atomic E-state index is 0.0186. The van der Waals surface area contributed by atoms with Crippen LogP contribution in [0.15, 0.2) is 0 Å². The maximum atomic E-state index is 11.8. The summed E-state index contributed by atoms with van der Waals surface area (Å²) in [6.45, 7) is 4.49. The van der Waals surface area contributed by atoms with Crippen LogP contribution < -0.4 is 11.1 Å². The predicted molar refractivity (Wildman–Crippen MR) is 78.5 cm³/mol. The van der Waals surface area contributed by atoms with Gasteiger partial charge >= 0.3 is 0 Å². The molecular weight excluding hydrogens is 270 g/mol. The minimum Gasteiger partial charge on any atom is -0.367 e. The molecule has 8 heteroatoms. The van der Waals surface area contributed by atoms with Crippen molar-refractivity contribution in [2.75, 3.05) is 12.3 Å². The second kappa shape index (κ2) is 6.38. The molecule has 2 aromatic heterocycles. The Bertz CT molecular complexity index is 628. The Hall–Kier alpha value is -2.38. The molecule has 114 valence electrons. The van der Waals surface area contributed by atoms with E-state index in [1.54, 1.807) is 0 Å². The highest BCUT2D eigenvalue weighted by Gasteiger charge is 2.11. The molecule has 21 heavy (non-hydrogen) atoms. The van der Waals surface area contributed by atoms with E-state index < -0.39 is 0 Å². The molecule has 0 fully saturated rings. The molecule has 4 N–H and O–H groups in total. The number of aryl methyl sites for hydroxylation is 2. The van der Waals surface area contributed by atoms with Crippen molar-refractivity contribution in [2.24, 2.45) is 7.05 Å². The molecule has 0 aliphatic heterocycles. The molecule has 2 rings (SSSR count).